The van der Waals surface area contributed by atoms with Crippen molar-refractivity contribution in [1.29, 1.82) is 5.26 Å². The maximum Gasteiger partial charge on any atom is 0.348 e. The van der Waals surface area contributed by atoms with Crippen LogP contribution in [0.3, 0.4) is 0 Å². The number of carbonyl (C=O) groups is 1. The Morgan fingerprint density at radius 1 is 1.52 bits per heavy atom. The number of halogens is 2. The molecule has 5 nitrogen and oxygen atoms in total. The first-order chi connectivity index (χ1) is 11.0. The molecule has 2 N–H and O–H groups in total. The van der Waals surface area contributed by atoms with Gasteiger partial charge in [0.1, 0.15) is 34.1 Å². The first-order valence-electron chi connectivity index (χ1n) is 6.54. The number of anilines is 1. The minimum absolute atomic E-state index is 0.0848. The molecule has 8 heteroatoms. The molecule has 1 aromatic heterocycles. The van der Waals surface area contributed by atoms with E-state index in [1.165, 1.54) is 12.1 Å². The van der Waals surface area contributed by atoms with E-state index in [1.807, 2.05) is 6.07 Å². The summed E-state index contributed by atoms with van der Waals surface area (Å²) >= 11 is 6.65. The van der Waals surface area contributed by atoms with Crippen molar-refractivity contribution >= 4 is 33.9 Å². The lowest BCUT2D eigenvalue weighted by molar-refractivity contribution is 0.0529. The molecule has 0 amide bonds. The second-order valence-corrected chi connectivity index (χ2v) is 5.81. The lowest BCUT2D eigenvalue weighted by Crippen LogP contribution is -2.08. The Hall–Kier alpha value is -2.30. The molecule has 0 saturated heterocycles. The van der Waals surface area contributed by atoms with Crippen molar-refractivity contribution in [2.45, 2.75) is 13.5 Å². The molecular weight excluding hydrogens is 343 g/mol. The van der Waals surface area contributed by atoms with Gasteiger partial charge in [-0.1, -0.05) is 11.6 Å². The van der Waals surface area contributed by atoms with Crippen molar-refractivity contribution in [3.63, 3.8) is 0 Å². The Balaban J connectivity index is 2.29. The first-order valence-corrected chi connectivity index (χ1v) is 7.73. The van der Waals surface area contributed by atoms with Gasteiger partial charge in [-0.25, -0.2) is 9.18 Å². The van der Waals surface area contributed by atoms with Crippen LogP contribution in [0.25, 0.3) is 0 Å². The van der Waals surface area contributed by atoms with Gasteiger partial charge in [-0.3, -0.25) is 0 Å². The van der Waals surface area contributed by atoms with E-state index in [1.54, 1.807) is 6.92 Å². The molecule has 0 spiro atoms. The number of thiophene rings is 1. The van der Waals surface area contributed by atoms with E-state index in [0.29, 0.717) is 11.3 Å². The van der Waals surface area contributed by atoms with Crippen LogP contribution in [0, 0.1) is 17.1 Å². The van der Waals surface area contributed by atoms with Crippen molar-refractivity contribution < 1.29 is 18.7 Å². The summed E-state index contributed by atoms with van der Waals surface area (Å²) in [4.78, 5) is 12.2. The Kier molecular flexibility index (Phi) is 5.42. The van der Waals surface area contributed by atoms with Crippen molar-refractivity contribution in [2.24, 2.45) is 0 Å². The van der Waals surface area contributed by atoms with E-state index >= 15 is 0 Å². The molecule has 0 aliphatic carbocycles. The molecule has 1 heterocycles. The summed E-state index contributed by atoms with van der Waals surface area (Å²) in [6.07, 6.45) is 0. The Bertz CT molecular complexity index is 786. The smallest absolute Gasteiger partial charge is 0.348 e. The molecule has 0 saturated carbocycles. The van der Waals surface area contributed by atoms with Gasteiger partial charge in [0.25, 0.3) is 0 Å². The first kappa shape index (κ1) is 17.1. The maximum absolute atomic E-state index is 13.1. The quantitative estimate of drug-likeness (QED) is 0.826. The zero-order valence-electron chi connectivity index (χ0n) is 12.1. The molecule has 120 valence electrons. The highest BCUT2D eigenvalue weighted by molar-refractivity contribution is 7.18. The molecule has 0 fully saturated rings. The van der Waals surface area contributed by atoms with Gasteiger partial charge < -0.3 is 15.2 Å². The number of nitrogens with two attached hydrogens (primary N) is 1. The van der Waals surface area contributed by atoms with Gasteiger partial charge in [0.05, 0.1) is 17.2 Å². The number of benzene rings is 1. The van der Waals surface area contributed by atoms with E-state index in [2.05, 4.69) is 0 Å². The van der Waals surface area contributed by atoms with E-state index in [4.69, 9.17) is 26.8 Å². The molecule has 1 aromatic carbocycles. The minimum Gasteiger partial charge on any atom is -0.489 e. The molecule has 2 aromatic rings. The summed E-state index contributed by atoms with van der Waals surface area (Å²) in [6, 6.07) is 5.82. The second kappa shape index (κ2) is 7.31. The summed E-state index contributed by atoms with van der Waals surface area (Å²) in [7, 11) is 0. The predicted molar refractivity (Wildman–Crippen MR) is 85.1 cm³/mol. The number of esters is 1. The normalized spacial score (nSPS) is 10.2. The third-order valence-electron chi connectivity index (χ3n) is 2.88. The minimum atomic E-state index is -0.568. The molecule has 0 bridgehead atoms. The molecule has 0 radical (unpaired) electrons. The van der Waals surface area contributed by atoms with Crippen molar-refractivity contribution in [1.82, 2.24) is 0 Å². The number of nitrogen functional groups attached to an aromatic ring is 1. The van der Waals surface area contributed by atoms with Gasteiger partial charge in [-0.05, 0) is 19.1 Å². The molecule has 23 heavy (non-hydrogen) atoms. The van der Waals surface area contributed by atoms with Gasteiger partial charge in [0.2, 0.25) is 0 Å². The topological polar surface area (TPSA) is 85.3 Å². The van der Waals surface area contributed by atoms with Gasteiger partial charge in [-0.15, -0.1) is 11.3 Å². The molecule has 0 aliphatic rings. The fourth-order valence-corrected chi connectivity index (χ4v) is 2.92. The fourth-order valence-electron chi connectivity index (χ4n) is 1.83. The van der Waals surface area contributed by atoms with Gasteiger partial charge >= 0.3 is 5.97 Å². The molecule has 0 aliphatic heterocycles. The van der Waals surface area contributed by atoms with E-state index < -0.39 is 11.8 Å². The van der Waals surface area contributed by atoms with Crippen molar-refractivity contribution in [3.05, 3.63) is 45.0 Å². The highest BCUT2D eigenvalue weighted by Gasteiger charge is 2.23. The van der Waals surface area contributed by atoms with Crippen LogP contribution >= 0.6 is 22.9 Å². The summed E-state index contributed by atoms with van der Waals surface area (Å²) in [5.74, 6) is -0.829. The van der Waals surface area contributed by atoms with Crippen LogP contribution < -0.4 is 10.5 Å². The SMILES string of the molecule is CCOC(=O)c1sc(N)c(C#N)c1COc1ccc(F)c(Cl)c1. The average molecular weight is 355 g/mol. The summed E-state index contributed by atoms with van der Waals surface area (Å²) < 4.78 is 23.6. The van der Waals surface area contributed by atoms with Crippen LogP contribution in [0.4, 0.5) is 9.39 Å². The van der Waals surface area contributed by atoms with Gasteiger partial charge in [-0.2, -0.15) is 5.26 Å². The van der Waals surface area contributed by atoms with Crippen LogP contribution in [0.5, 0.6) is 5.75 Å². The highest BCUT2D eigenvalue weighted by atomic mass is 35.5. The zero-order chi connectivity index (χ0) is 17.0. The van der Waals surface area contributed by atoms with Crippen LogP contribution in [-0.4, -0.2) is 12.6 Å². The van der Waals surface area contributed by atoms with Gasteiger partial charge in [0.15, 0.2) is 0 Å². The lowest BCUT2D eigenvalue weighted by atomic mass is 10.1. The third-order valence-corrected chi connectivity index (χ3v) is 4.21. The second-order valence-electron chi connectivity index (χ2n) is 4.35. The molecule has 0 atom stereocenters. The van der Waals surface area contributed by atoms with Crippen LogP contribution in [0.15, 0.2) is 18.2 Å². The number of carbonyl (C=O) groups excluding carboxylic acids is 1. The Morgan fingerprint density at radius 2 is 2.26 bits per heavy atom. The Labute approximate surface area is 141 Å². The number of rotatable bonds is 5. The number of nitrogens with zero attached hydrogens (tertiary/aromatic N) is 1. The number of hydrogen-bond acceptors (Lipinski definition) is 6. The van der Waals surface area contributed by atoms with E-state index in [0.717, 1.165) is 17.4 Å². The lowest BCUT2D eigenvalue weighted by Gasteiger charge is -2.08. The monoisotopic (exact) mass is 354 g/mol. The summed E-state index contributed by atoms with van der Waals surface area (Å²) in [5, 5.41) is 9.33. The van der Waals surface area contributed by atoms with Crippen LogP contribution in [0.2, 0.25) is 5.02 Å². The maximum atomic E-state index is 13.1. The van der Waals surface area contributed by atoms with Gasteiger partial charge in [0, 0.05) is 11.6 Å². The van der Waals surface area contributed by atoms with E-state index in [-0.39, 0.29) is 33.7 Å². The largest absolute Gasteiger partial charge is 0.489 e. The number of hydrogen-bond donors (Lipinski definition) is 1. The summed E-state index contributed by atoms with van der Waals surface area (Å²) in [6.45, 7) is 1.79. The molecule has 2 rings (SSSR count). The van der Waals surface area contributed by atoms with Crippen molar-refractivity contribution in [3.8, 4) is 11.8 Å². The number of nitriles is 1. The average Bonchev–Trinajstić information content (AvgIpc) is 2.84. The molecular formula is C15H12ClFN2O3S. The third kappa shape index (κ3) is 3.73. The highest BCUT2D eigenvalue weighted by Crippen LogP contribution is 2.32. The Morgan fingerprint density at radius 3 is 2.87 bits per heavy atom. The van der Waals surface area contributed by atoms with Crippen LogP contribution in [0.1, 0.15) is 27.7 Å². The summed E-state index contributed by atoms with van der Waals surface area (Å²) in [5.41, 5.74) is 6.28. The van der Waals surface area contributed by atoms with Crippen LogP contribution in [-0.2, 0) is 11.3 Å². The van der Waals surface area contributed by atoms with Crippen molar-refractivity contribution in [2.75, 3.05) is 12.3 Å². The predicted octanol–water partition coefficient (Wildman–Crippen LogP) is 3.75. The molecule has 0 unspecified atom stereocenters. The van der Waals surface area contributed by atoms with E-state index in [9.17, 15) is 14.4 Å². The number of ether oxygens (including phenoxy) is 2. The standard InChI is InChI=1S/C15H12ClFN2O3S/c1-2-21-15(20)13-10(9(6-18)14(19)23-13)7-22-8-3-4-12(17)11(16)5-8/h3-5H,2,7,19H2,1H3. The zero-order valence-corrected chi connectivity index (χ0v) is 13.6. The fraction of sp³-hybridized carbons (Fsp3) is 0.200.